The Morgan fingerprint density at radius 1 is 1.15 bits per heavy atom. The van der Waals surface area contributed by atoms with Gasteiger partial charge in [-0.1, -0.05) is 12.1 Å². The molecular weight excluding hydrogens is 368 g/mol. The second kappa shape index (κ2) is 8.96. The average molecular weight is 392 g/mol. The van der Waals surface area contributed by atoms with Gasteiger partial charge in [0, 0.05) is 12.8 Å². The molecule has 0 aliphatic carbocycles. The van der Waals surface area contributed by atoms with Gasteiger partial charge in [0.25, 0.3) is 0 Å². The van der Waals surface area contributed by atoms with E-state index in [-0.39, 0.29) is 6.04 Å². The molecule has 2 rings (SSSR count). The number of nitrogens with one attached hydrogen (secondary N) is 1. The molecule has 0 aromatic heterocycles. The summed E-state index contributed by atoms with van der Waals surface area (Å²) >= 11 is 5.53. The molecule has 1 aliphatic rings. The van der Waals surface area contributed by atoms with Crippen LogP contribution in [0, 0.1) is 0 Å². The van der Waals surface area contributed by atoms with Crippen molar-refractivity contribution in [2.24, 2.45) is 0 Å². The Morgan fingerprint density at radius 2 is 1.74 bits per heavy atom. The average Bonchev–Trinajstić information content (AvgIpc) is 2.66. The van der Waals surface area contributed by atoms with Gasteiger partial charge in [-0.25, -0.2) is 9.59 Å². The maximum atomic E-state index is 12.5. The lowest BCUT2D eigenvalue weighted by Crippen LogP contribution is -2.52. The zero-order chi connectivity index (χ0) is 20.1. The van der Waals surface area contributed by atoms with Crippen molar-refractivity contribution in [2.75, 3.05) is 27.9 Å². The molecule has 1 aliphatic heterocycles. The third-order valence-electron chi connectivity index (χ3n) is 4.45. The summed E-state index contributed by atoms with van der Waals surface area (Å²) in [7, 11) is 4.29. The van der Waals surface area contributed by atoms with Crippen LogP contribution in [0.5, 0.6) is 0 Å². The summed E-state index contributed by atoms with van der Waals surface area (Å²) < 4.78 is 14.9. The highest BCUT2D eigenvalue weighted by atomic mass is 32.1. The molecule has 0 amide bonds. The molecule has 7 nitrogen and oxygen atoms in total. The SMILES string of the molecule is COC[C@H](C)N1C(=S)N[C@H](c2ccc(C(=O)OC)cc2)C(C(=O)OC)=C1C. The molecule has 146 valence electrons. The first kappa shape index (κ1) is 20.9. The highest BCUT2D eigenvalue weighted by molar-refractivity contribution is 7.80. The van der Waals surface area contributed by atoms with Crippen LogP contribution in [0.3, 0.4) is 0 Å². The number of thiocarbonyl (C=S) groups is 1. The highest BCUT2D eigenvalue weighted by Crippen LogP contribution is 2.32. The maximum absolute atomic E-state index is 12.5. The van der Waals surface area contributed by atoms with E-state index < -0.39 is 18.0 Å². The molecule has 0 bridgehead atoms. The first-order valence-electron chi connectivity index (χ1n) is 8.41. The molecule has 0 spiro atoms. The zero-order valence-electron chi connectivity index (χ0n) is 16.1. The normalized spacial score (nSPS) is 18.0. The largest absolute Gasteiger partial charge is 0.466 e. The van der Waals surface area contributed by atoms with Crippen LogP contribution in [0.2, 0.25) is 0 Å². The lowest BCUT2D eigenvalue weighted by atomic mass is 9.94. The third kappa shape index (κ3) is 4.28. The maximum Gasteiger partial charge on any atom is 0.337 e. The number of esters is 2. The monoisotopic (exact) mass is 392 g/mol. The Hall–Kier alpha value is -2.45. The van der Waals surface area contributed by atoms with E-state index in [9.17, 15) is 9.59 Å². The summed E-state index contributed by atoms with van der Waals surface area (Å²) in [6.07, 6.45) is 0. The first-order chi connectivity index (χ1) is 12.8. The summed E-state index contributed by atoms with van der Waals surface area (Å²) in [5, 5.41) is 3.70. The van der Waals surface area contributed by atoms with Gasteiger partial charge >= 0.3 is 11.9 Å². The molecule has 1 N–H and O–H groups in total. The first-order valence-corrected chi connectivity index (χ1v) is 8.82. The molecule has 1 aromatic rings. The summed E-state index contributed by atoms with van der Waals surface area (Å²) in [5.74, 6) is -0.868. The van der Waals surface area contributed by atoms with E-state index >= 15 is 0 Å². The molecule has 0 radical (unpaired) electrons. The van der Waals surface area contributed by atoms with Gasteiger partial charge in [0.15, 0.2) is 5.11 Å². The number of benzene rings is 1. The zero-order valence-corrected chi connectivity index (χ0v) is 16.9. The molecular formula is C19H24N2O5S. The fraction of sp³-hybridized carbons (Fsp3) is 0.421. The lowest BCUT2D eigenvalue weighted by Gasteiger charge is -2.40. The van der Waals surface area contributed by atoms with Gasteiger partial charge in [-0.15, -0.1) is 0 Å². The lowest BCUT2D eigenvalue weighted by molar-refractivity contribution is -0.136. The van der Waals surface area contributed by atoms with Gasteiger partial charge in [-0.2, -0.15) is 0 Å². The van der Waals surface area contributed by atoms with Crippen LogP contribution < -0.4 is 5.32 Å². The number of ether oxygens (including phenoxy) is 3. The summed E-state index contributed by atoms with van der Waals surface area (Å²) in [5.41, 5.74) is 2.37. The number of hydrogen-bond donors (Lipinski definition) is 1. The Morgan fingerprint density at radius 3 is 2.26 bits per heavy atom. The molecule has 0 saturated heterocycles. The minimum absolute atomic E-state index is 0.0580. The van der Waals surface area contributed by atoms with Gasteiger partial charge in [-0.05, 0) is 43.8 Å². The molecule has 0 unspecified atom stereocenters. The summed E-state index contributed by atoms with van der Waals surface area (Å²) in [6.45, 7) is 4.24. The van der Waals surface area contributed by atoms with E-state index in [0.29, 0.717) is 28.6 Å². The van der Waals surface area contributed by atoms with Crippen LogP contribution >= 0.6 is 12.2 Å². The molecule has 1 aromatic carbocycles. The molecule has 0 saturated carbocycles. The second-order valence-electron chi connectivity index (χ2n) is 6.16. The van der Waals surface area contributed by atoms with Crippen molar-refractivity contribution in [1.29, 1.82) is 0 Å². The van der Waals surface area contributed by atoms with Gasteiger partial charge in [0.1, 0.15) is 0 Å². The van der Waals surface area contributed by atoms with Crippen molar-refractivity contribution in [3.05, 3.63) is 46.7 Å². The molecule has 2 atom stereocenters. The minimum atomic E-state index is -0.484. The predicted molar refractivity (Wildman–Crippen MR) is 104 cm³/mol. The van der Waals surface area contributed by atoms with E-state index in [1.807, 2.05) is 18.7 Å². The van der Waals surface area contributed by atoms with Crippen molar-refractivity contribution in [1.82, 2.24) is 10.2 Å². The number of methoxy groups -OCH3 is 3. The van der Waals surface area contributed by atoms with Crippen LogP contribution in [0.1, 0.15) is 35.8 Å². The number of allylic oxidation sites excluding steroid dienone is 1. The van der Waals surface area contributed by atoms with Crippen LogP contribution in [-0.4, -0.2) is 55.9 Å². The van der Waals surface area contributed by atoms with Gasteiger partial charge < -0.3 is 24.4 Å². The Kier molecular flexibility index (Phi) is 6.92. The predicted octanol–water partition coefficient (Wildman–Crippen LogP) is 2.19. The van der Waals surface area contributed by atoms with E-state index in [0.717, 1.165) is 5.56 Å². The van der Waals surface area contributed by atoms with E-state index in [1.54, 1.807) is 31.4 Å². The fourth-order valence-electron chi connectivity index (χ4n) is 3.16. The van der Waals surface area contributed by atoms with Gasteiger partial charge in [0.2, 0.25) is 0 Å². The van der Waals surface area contributed by atoms with Crippen LogP contribution in [0.15, 0.2) is 35.5 Å². The number of carbonyl (C=O) groups excluding carboxylic acids is 2. The highest BCUT2D eigenvalue weighted by Gasteiger charge is 2.36. The van der Waals surface area contributed by atoms with Crippen molar-refractivity contribution in [3.63, 3.8) is 0 Å². The molecule has 27 heavy (non-hydrogen) atoms. The summed E-state index contributed by atoms with van der Waals surface area (Å²) in [6, 6.07) is 6.28. The van der Waals surface area contributed by atoms with Crippen molar-refractivity contribution >= 4 is 29.3 Å². The number of hydrogen-bond acceptors (Lipinski definition) is 6. The van der Waals surface area contributed by atoms with Gasteiger partial charge in [0.05, 0.1) is 44.0 Å². The fourth-order valence-corrected chi connectivity index (χ4v) is 3.59. The van der Waals surface area contributed by atoms with Crippen molar-refractivity contribution in [3.8, 4) is 0 Å². The standard InChI is InChI=1S/C19H24N2O5S/c1-11(10-24-3)21-12(2)15(18(23)26-5)16(20-19(21)27)13-6-8-14(9-7-13)17(22)25-4/h6-9,11,16H,10H2,1-5H3,(H,20,27)/t11-,16+/m0/s1. The summed E-state index contributed by atoms with van der Waals surface area (Å²) in [4.78, 5) is 26.0. The van der Waals surface area contributed by atoms with E-state index in [2.05, 4.69) is 5.32 Å². The number of nitrogens with zero attached hydrogens (tertiary/aromatic N) is 1. The van der Waals surface area contributed by atoms with Crippen LogP contribution in [0.25, 0.3) is 0 Å². The minimum Gasteiger partial charge on any atom is -0.466 e. The Bertz CT molecular complexity index is 760. The van der Waals surface area contributed by atoms with Gasteiger partial charge in [-0.3, -0.25) is 0 Å². The quantitative estimate of drug-likeness (QED) is 0.583. The van der Waals surface area contributed by atoms with Crippen molar-refractivity contribution in [2.45, 2.75) is 25.9 Å². The molecule has 8 heteroatoms. The number of carbonyl (C=O) groups is 2. The Labute approximate surface area is 164 Å². The van der Waals surface area contributed by atoms with Crippen LogP contribution in [0.4, 0.5) is 0 Å². The van der Waals surface area contributed by atoms with E-state index in [4.69, 9.17) is 26.4 Å². The van der Waals surface area contributed by atoms with E-state index in [1.165, 1.54) is 14.2 Å². The van der Waals surface area contributed by atoms with Crippen LogP contribution in [-0.2, 0) is 19.0 Å². The Balaban J connectivity index is 2.48. The number of rotatable bonds is 6. The van der Waals surface area contributed by atoms with Crippen molar-refractivity contribution < 1.29 is 23.8 Å². The smallest absolute Gasteiger partial charge is 0.337 e. The topological polar surface area (TPSA) is 77.1 Å². The second-order valence-corrected chi connectivity index (χ2v) is 6.55. The molecule has 1 heterocycles. The third-order valence-corrected chi connectivity index (χ3v) is 4.76. The molecule has 0 fully saturated rings.